The first-order valence-corrected chi connectivity index (χ1v) is 48.6. The van der Waals surface area contributed by atoms with Gasteiger partial charge in [0.2, 0.25) is 5.88 Å². The third-order valence-corrected chi connectivity index (χ3v) is 33.9. The van der Waals surface area contributed by atoms with Crippen molar-refractivity contribution in [1.29, 1.82) is 0 Å². The molecule has 4 unspecified atom stereocenters. The van der Waals surface area contributed by atoms with Crippen LogP contribution < -0.4 is 20.9 Å². The van der Waals surface area contributed by atoms with Crippen molar-refractivity contribution in [3.8, 4) is 22.3 Å². The molecule has 0 bridgehead atoms. The fourth-order valence-electron chi connectivity index (χ4n) is 23.1. The number of allylic oxidation sites excluding steroid dienone is 1. The molecule has 0 saturated carbocycles. The summed E-state index contributed by atoms with van der Waals surface area (Å²) in [7, 11) is 2.23. The fraction of sp³-hybridized carbons (Fsp3) is 0.0678. The van der Waals surface area contributed by atoms with Crippen LogP contribution in [0.2, 0.25) is 0 Å². The number of hydrogen-bond acceptors (Lipinski definition) is 11. The van der Waals surface area contributed by atoms with Crippen LogP contribution >= 0.6 is 45.3 Å². The highest BCUT2D eigenvalue weighted by Crippen LogP contribution is 2.56. The number of hydrogen-bond donors (Lipinski definition) is 3. The maximum atomic E-state index is 6.87. The van der Waals surface area contributed by atoms with Crippen LogP contribution in [0, 0.1) is 0 Å². The van der Waals surface area contributed by atoms with E-state index < -0.39 is 6.17 Å². The molecule has 0 saturated heterocycles. The SMILES string of the molecule is CN1c2c(oc3ccccc23)N=C(c2ccc3sc4cc(-c5ccc6c(c5)c5cc7ccccc7cc5n6C5NC6=C(NC5c5ccc7c(c5)sc5ccccc57)C(C)(C)c5ccccc56)ccc4c3c2)C1n1c2ccc(-c3ccc4sc5ccc(C6Nc7sc8ccccc8c7N=C6n6c7ccccc7c7cc8ccccc8cc76)cc5c4c3)cc2c2cc3ccccc3cc21. The van der Waals surface area contributed by atoms with E-state index in [1.165, 1.54) is 180 Å². The lowest BCUT2D eigenvalue weighted by Crippen LogP contribution is -2.45. The largest absolute Gasteiger partial charge is 0.436 e. The molecule has 0 fully saturated rings. The van der Waals surface area contributed by atoms with Gasteiger partial charge in [-0.3, -0.25) is 4.57 Å². The molecule has 11 heterocycles. The third-order valence-electron chi connectivity index (χ3n) is 29.4. The number of nitrogens with zero attached hydrogens (tertiary/aromatic N) is 6. The zero-order chi connectivity index (χ0) is 86.4. The molecular weight excluding hydrogens is 1690 g/mol. The van der Waals surface area contributed by atoms with Crippen LogP contribution in [-0.4, -0.2) is 32.3 Å². The van der Waals surface area contributed by atoms with Gasteiger partial charge in [-0.2, -0.15) is 0 Å². The average Bonchev–Trinajstić information content (AvgIpc) is 1.57. The van der Waals surface area contributed by atoms with Crippen LogP contribution in [0.5, 0.6) is 0 Å². The Bertz CT molecular complexity index is 9790. The summed E-state index contributed by atoms with van der Waals surface area (Å²) >= 11 is 7.38. The molecule has 10 nitrogen and oxygen atoms in total. The number of aromatic nitrogens is 3. The van der Waals surface area contributed by atoms with E-state index in [0.29, 0.717) is 5.88 Å². The molecule has 18 aromatic carbocycles. The van der Waals surface area contributed by atoms with Gasteiger partial charge in [-0.1, -0.05) is 232 Å². The van der Waals surface area contributed by atoms with Crippen LogP contribution in [0.15, 0.2) is 378 Å². The highest BCUT2D eigenvalue weighted by atomic mass is 32.1. The van der Waals surface area contributed by atoms with Crippen molar-refractivity contribution in [1.82, 2.24) is 24.3 Å². The van der Waals surface area contributed by atoms with Gasteiger partial charge in [0.15, 0.2) is 6.17 Å². The first-order chi connectivity index (χ1) is 65.0. The van der Waals surface area contributed by atoms with Crippen LogP contribution in [0.1, 0.15) is 66.1 Å². The molecule has 1 aliphatic carbocycles. The van der Waals surface area contributed by atoms with Crippen LogP contribution in [0.4, 0.5) is 22.3 Å². The van der Waals surface area contributed by atoms with Crippen LogP contribution in [-0.2, 0) is 5.41 Å². The lowest BCUT2D eigenvalue weighted by Gasteiger charge is -2.40. The second-order valence-electron chi connectivity index (χ2n) is 36.8. The minimum absolute atomic E-state index is 0.131. The zero-order valence-electron chi connectivity index (χ0n) is 71.6. The summed E-state index contributed by atoms with van der Waals surface area (Å²) in [6.45, 7) is 4.74. The summed E-state index contributed by atoms with van der Waals surface area (Å²) in [5, 5.41) is 37.9. The van der Waals surface area contributed by atoms with Crippen molar-refractivity contribution >= 4 is 264 Å². The third kappa shape index (κ3) is 10.5. The van der Waals surface area contributed by atoms with E-state index in [0.717, 1.165) is 88.6 Å². The summed E-state index contributed by atoms with van der Waals surface area (Å²) in [6, 6.07) is 134. The lowest BCUT2D eigenvalue weighted by molar-refractivity contribution is 0.330. The van der Waals surface area contributed by atoms with Crippen molar-refractivity contribution in [2.24, 2.45) is 9.98 Å². The lowest BCUT2D eigenvalue weighted by atomic mass is 9.84. The summed E-state index contributed by atoms with van der Waals surface area (Å²) in [5.74, 6) is 1.55. The minimum atomic E-state index is -0.417. The van der Waals surface area contributed by atoms with E-state index in [2.05, 4.69) is 413 Å². The van der Waals surface area contributed by atoms with E-state index in [-0.39, 0.29) is 23.7 Å². The number of rotatable bonds is 7. The number of furan rings is 1. The number of fused-ring (bicyclic) bond motifs is 29. The number of benzene rings is 18. The van der Waals surface area contributed by atoms with Crippen molar-refractivity contribution in [3.63, 3.8) is 0 Å². The van der Waals surface area contributed by atoms with Crippen molar-refractivity contribution in [2.75, 3.05) is 17.3 Å². The Balaban J connectivity index is 0.538. The van der Waals surface area contributed by atoms with Gasteiger partial charge in [-0.15, -0.1) is 45.3 Å². The summed E-state index contributed by atoms with van der Waals surface area (Å²) < 4.78 is 23.2. The maximum absolute atomic E-state index is 6.87. The zero-order valence-corrected chi connectivity index (χ0v) is 74.9. The number of thiophene rings is 4. The number of para-hydroxylation sites is 2. The molecule has 30 rings (SSSR count). The summed E-state index contributed by atoms with van der Waals surface area (Å²) in [6.07, 6.45) is -0.633. The molecule has 0 radical (unpaired) electrons. The molecule has 622 valence electrons. The van der Waals surface area contributed by atoms with Crippen LogP contribution in [0.25, 0.3) is 207 Å². The summed E-state index contributed by atoms with van der Waals surface area (Å²) in [5.41, 5.74) is 23.4. The normalized spacial score (nSPS) is 16.7. The minimum Gasteiger partial charge on any atom is -0.436 e. The van der Waals surface area contributed by atoms with Crippen molar-refractivity contribution in [2.45, 2.75) is 43.7 Å². The van der Waals surface area contributed by atoms with E-state index in [9.17, 15) is 0 Å². The number of anilines is 2. The molecule has 0 amide bonds. The molecule has 26 aromatic rings. The van der Waals surface area contributed by atoms with Gasteiger partial charge in [0, 0.05) is 138 Å². The highest BCUT2D eigenvalue weighted by Gasteiger charge is 2.46. The monoisotopic (exact) mass is 1760 g/mol. The first-order valence-electron chi connectivity index (χ1n) is 45.3. The highest BCUT2D eigenvalue weighted by molar-refractivity contribution is 7.26. The van der Waals surface area contributed by atoms with E-state index in [1.54, 1.807) is 11.3 Å². The van der Waals surface area contributed by atoms with Gasteiger partial charge < -0.3 is 34.4 Å². The molecular formula is C118H75N9OS4. The fourth-order valence-corrected chi connectivity index (χ4v) is 27.5. The average molecular weight is 1760 g/mol. The Hall–Kier alpha value is -15.4. The van der Waals surface area contributed by atoms with E-state index in [4.69, 9.17) is 14.4 Å². The topological polar surface area (TPSA) is 92.0 Å². The quantitative estimate of drug-likeness (QED) is 0.148. The summed E-state index contributed by atoms with van der Waals surface area (Å²) in [4.78, 5) is 14.0. The molecule has 132 heavy (non-hydrogen) atoms. The van der Waals surface area contributed by atoms with Gasteiger partial charge in [-0.05, 0) is 211 Å². The number of aliphatic imine (C=N–C) groups is 2. The molecule has 4 aliphatic rings. The Morgan fingerprint density at radius 1 is 0.333 bits per heavy atom. The van der Waals surface area contributed by atoms with E-state index >= 15 is 0 Å². The van der Waals surface area contributed by atoms with Gasteiger partial charge in [-0.25, -0.2) is 9.98 Å². The van der Waals surface area contributed by atoms with Crippen LogP contribution in [0.3, 0.4) is 0 Å². The molecule has 4 atom stereocenters. The Morgan fingerprint density at radius 2 is 0.818 bits per heavy atom. The molecule has 14 heteroatoms. The predicted octanol–water partition coefficient (Wildman–Crippen LogP) is 32.5. The Kier molecular flexibility index (Phi) is 15.1. The molecule has 3 N–H and O–H groups in total. The van der Waals surface area contributed by atoms with Gasteiger partial charge >= 0.3 is 0 Å². The van der Waals surface area contributed by atoms with E-state index in [1.807, 2.05) is 34.0 Å². The smallest absolute Gasteiger partial charge is 0.244 e. The van der Waals surface area contributed by atoms with Gasteiger partial charge in [0.25, 0.3) is 0 Å². The van der Waals surface area contributed by atoms with Crippen molar-refractivity contribution in [3.05, 3.63) is 391 Å². The molecule has 3 aliphatic heterocycles. The Morgan fingerprint density at radius 3 is 1.55 bits per heavy atom. The predicted molar refractivity (Wildman–Crippen MR) is 562 cm³/mol. The first kappa shape index (κ1) is 73.5. The number of nitrogens with one attached hydrogen (secondary N) is 3. The standard InChI is InChI=1S/C118H75N9OS4/c1-118(2)91-31-15-10-28-80(91)109-112(118)119-106(75-37-44-78-77-27-13-18-34-99(77)130-105(78)62-75)113(120-109)126-93-45-38-70(54-84(93)86-51-64-21-5-8-24-67(64)59-96(86)126)72-36-43-79-88-57-74(42-49-101(88)131-104(79)61-72)108-117(124(3)111-81-29-12-17-33-98(81)128-115(111)122-108)127-94-46-39-69(53-85(94)87-52-65-22-6-9-25-68(65)60-97(87)127)71-40-47-102-89(55-71)90-56-73(41-48-103(90)129-102)107-114(121-110-82-30-14-19-35-100(82)132-116(110)123-107)125-92-32-16-11-26-76(92)83-50-63-20-4-7-23-66(63)58-95(83)125/h4-62,106-107,113,117,119-120,123H,1-3H3. The number of likely N-dealkylation sites (N-methyl/N-ethyl adjacent to an activating group) is 1. The Labute approximate surface area is 771 Å². The van der Waals surface area contributed by atoms with Gasteiger partial charge in [0.1, 0.15) is 40.0 Å². The second-order valence-corrected chi connectivity index (χ2v) is 41.1. The van der Waals surface area contributed by atoms with Crippen molar-refractivity contribution < 1.29 is 4.42 Å². The maximum Gasteiger partial charge on any atom is 0.244 e. The second kappa shape index (κ2) is 27.1. The molecule has 8 aromatic heterocycles. The molecule has 0 spiro atoms. The van der Waals surface area contributed by atoms with Gasteiger partial charge in [0.05, 0.1) is 50.6 Å².